The number of rotatable bonds is 2. The predicted molar refractivity (Wildman–Crippen MR) is 74.7 cm³/mol. The molecular weight excluding hydrogens is 244 g/mol. The minimum Gasteiger partial charge on any atom is -0.467 e. The average Bonchev–Trinajstić information content (AvgIpc) is 2.93. The van der Waals surface area contributed by atoms with E-state index in [1.165, 1.54) is 0 Å². The monoisotopic (exact) mass is 256 g/mol. The van der Waals surface area contributed by atoms with Crippen molar-refractivity contribution in [3.8, 4) is 0 Å². The molecule has 1 aliphatic heterocycles. The van der Waals surface area contributed by atoms with Crippen LogP contribution in [0.1, 0.15) is 17.4 Å². The molecule has 0 fully saturated rings. The van der Waals surface area contributed by atoms with Crippen LogP contribution in [0.2, 0.25) is 0 Å². The van der Waals surface area contributed by atoms with Gasteiger partial charge in [0.1, 0.15) is 11.8 Å². The smallest absolute Gasteiger partial charge is 0.171 e. The molecule has 0 spiro atoms. The van der Waals surface area contributed by atoms with Gasteiger partial charge in [-0.25, -0.2) is 0 Å². The second-order valence-electron chi connectivity index (χ2n) is 4.04. The lowest BCUT2D eigenvalue weighted by Gasteiger charge is -2.24. The van der Waals surface area contributed by atoms with Crippen LogP contribution in [0.25, 0.3) is 5.70 Å². The molecule has 1 aromatic heterocycles. The summed E-state index contributed by atoms with van der Waals surface area (Å²) in [5, 5.41) is 6.94. The maximum absolute atomic E-state index is 5.41. The first kappa shape index (κ1) is 11.0. The van der Waals surface area contributed by atoms with Crippen LogP contribution in [-0.2, 0) is 0 Å². The number of benzene rings is 1. The zero-order valence-electron chi connectivity index (χ0n) is 9.59. The van der Waals surface area contributed by atoms with Crippen molar-refractivity contribution < 1.29 is 4.42 Å². The normalized spacial score (nSPS) is 18.8. The fraction of sp³-hybridized carbons (Fsp3) is 0.0714. The van der Waals surface area contributed by atoms with Gasteiger partial charge in [0.05, 0.1) is 6.26 Å². The lowest BCUT2D eigenvalue weighted by Crippen LogP contribution is -2.40. The molecule has 0 saturated carbocycles. The summed E-state index contributed by atoms with van der Waals surface area (Å²) < 4.78 is 5.41. The van der Waals surface area contributed by atoms with E-state index in [1.54, 1.807) is 6.26 Å². The van der Waals surface area contributed by atoms with E-state index in [-0.39, 0.29) is 6.04 Å². The van der Waals surface area contributed by atoms with Crippen molar-refractivity contribution >= 4 is 23.0 Å². The minimum atomic E-state index is -0.0241. The maximum Gasteiger partial charge on any atom is 0.171 e. The molecule has 0 radical (unpaired) electrons. The van der Waals surface area contributed by atoms with Crippen molar-refractivity contribution in [1.82, 2.24) is 10.6 Å². The Kier molecular flexibility index (Phi) is 2.86. The second-order valence-corrected chi connectivity index (χ2v) is 4.45. The van der Waals surface area contributed by atoms with Gasteiger partial charge >= 0.3 is 0 Å². The van der Waals surface area contributed by atoms with Gasteiger partial charge in [-0.2, -0.15) is 0 Å². The summed E-state index contributed by atoms with van der Waals surface area (Å²) in [4.78, 5) is 0. The number of thiocarbonyl (C=S) groups is 1. The fourth-order valence-corrected chi connectivity index (χ4v) is 2.19. The number of hydrogen-bond acceptors (Lipinski definition) is 2. The third kappa shape index (κ3) is 2.15. The summed E-state index contributed by atoms with van der Waals surface area (Å²) in [6.07, 6.45) is 3.74. The van der Waals surface area contributed by atoms with Crippen LogP contribution < -0.4 is 10.6 Å². The molecule has 2 N–H and O–H groups in total. The van der Waals surface area contributed by atoms with Gasteiger partial charge < -0.3 is 15.1 Å². The highest BCUT2D eigenvalue weighted by Gasteiger charge is 2.19. The zero-order chi connectivity index (χ0) is 12.4. The molecule has 2 heterocycles. The molecule has 4 heteroatoms. The van der Waals surface area contributed by atoms with Crippen molar-refractivity contribution in [2.45, 2.75) is 6.04 Å². The van der Waals surface area contributed by atoms with Crippen LogP contribution >= 0.6 is 12.2 Å². The van der Waals surface area contributed by atoms with Gasteiger partial charge in [-0.1, -0.05) is 30.3 Å². The Morgan fingerprint density at radius 1 is 1.06 bits per heavy atom. The summed E-state index contributed by atoms with van der Waals surface area (Å²) in [5.74, 6) is 0.854. The van der Waals surface area contributed by atoms with E-state index in [4.69, 9.17) is 16.6 Å². The van der Waals surface area contributed by atoms with E-state index in [9.17, 15) is 0 Å². The van der Waals surface area contributed by atoms with E-state index >= 15 is 0 Å². The summed E-state index contributed by atoms with van der Waals surface area (Å²) >= 11 is 5.23. The Morgan fingerprint density at radius 3 is 2.61 bits per heavy atom. The molecule has 0 saturated heterocycles. The number of furan rings is 1. The molecule has 1 aromatic carbocycles. The van der Waals surface area contributed by atoms with Crippen molar-refractivity contribution in [3.05, 3.63) is 66.1 Å². The van der Waals surface area contributed by atoms with Crippen LogP contribution in [0, 0.1) is 0 Å². The molecular formula is C14H12N2OS. The molecule has 0 amide bonds. The number of nitrogens with one attached hydrogen (secondary N) is 2. The lowest BCUT2D eigenvalue weighted by molar-refractivity contribution is 0.478. The summed E-state index contributed by atoms with van der Waals surface area (Å²) in [5.41, 5.74) is 2.11. The third-order valence-electron chi connectivity index (χ3n) is 2.80. The lowest BCUT2D eigenvalue weighted by atomic mass is 10.1. The van der Waals surface area contributed by atoms with Crippen molar-refractivity contribution in [3.63, 3.8) is 0 Å². The standard InChI is InChI=1S/C14H12N2OS/c18-14-15-11(10-5-2-1-3-6-10)9-12(16-14)13-7-4-8-17-13/h1-9,12H,(H2,15,16,18). The third-order valence-corrected chi connectivity index (χ3v) is 3.02. The highest BCUT2D eigenvalue weighted by Crippen LogP contribution is 2.23. The summed E-state index contributed by atoms with van der Waals surface area (Å²) in [7, 11) is 0. The van der Waals surface area contributed by atoms with Gasteiger partial charge in [0.2, 0.25) is 0 Å². The Morgan fingerprint density at radius 2 is 1.89 bits per heavy atom. The van der Waals surface area contributed by atoms with Crippen LogP contribution in [0.3, 0.4) is 0 Å². The van der Waals surface area contributed by atoms with Crippen LogP contribution in [0.15, 0.2) is 59.2 Å². The maximum atomic E-state index is 5.41. The highest BCUT2D eigenvalue weighted by molar-refractivity contribution is 7.80. The molecule has 1 atom stereocenters. The minimum absolute atomic E-state index is 0.0241. The van der Waals surface area contributed by atoms with Crippen molar-refractivity contribution in [1.29, 1.82) is 0 Å². The van der Waals surface area contributed by atoms with E-state index < -0.39 is 0 Å². The Hall–Kier alpha value is -2.07. The molecule has 90 valence electrons. The summed E-state index contributed by atoms with van der Waals surface area (Å²) in [6, 6.07) is 13.9. The molecule has 1 unspecified atom stereocenters. The zero-order valence-corrected chi connectivity index (χ0v) is 10.4. The van der Waals surface area contributed by atoms with Crippen LogP contribution in [-0.4, -0.2) is 5.11 Å². The number of hydrogen-bond donors (Lipinski definition) is 2. The fourth-order valence-electron chi connectivity index (χ4n) is 1.96. The first-order valence-corrected chi connectivity index (χ1v) is 6.12. The van der Waals surface area contributed by atoms with Gasteiger partial charge in [0.25, 0.3) is 0 Å². The van der Waals surface area contributed by atoms with E-state index in [1.807, 2.05) is 42.5 Å². The van der Waals surface area contributed by atoms with E-state index in [0.717, 1.165) is 17.0 Å². The van der Waals surface area contributed by atoms with Crippen molar-refractivity contribution in [2.75, 3.05) is 0 Å². The first-order valence-electron chi connectivity index (χ1n) is 5.71. The largest absolute Gasteiger partial charge is 0.467 e. The predicted octanol–water partition coefficient (Wildman–Crippen LogP) is 2.84. The van der Waals surface area contributed by atoms with Gasteiger partial charge in [-0.15, -0.1) is 0 Å². The molecule has 18 heavy (non-hydrogen) atoms. The molecule has 2 aromatic rings. The van der Waals surface area contributed by atoms with Crippen LogP contribution in [0.4, 0.5) is 0 Å². The second kappa shape index (κ2) is 4.66. The Balaban J connectivity index is 1.97. The van der Waals surface area contributed by atoms with Crippen molar-refractivity contribution in [2.24, 2.45) is 0 Å². The van der Waals surface area contributed by atoms with Gasteiger partial charge in [0, 0.05) is 5.70 Å². The van der Waals surface area contributed by atoms with E-state index in [2.05, 4.69) is 16.7 Å². The highest BCUT2D eigenvalue weighted by atomic mass is 32.1. The van der Waals surface area contributed by atoms with Crippen LogP contribution in [0.5, 0.6) is 0 Å². The first-order chi connectivity index (χ1) is 8.83. The summed E-state index contributed by atoms with van der Waals surface area (Å²) in [6.45, 7) is 0. The molecule has 0 aliphatic carbocycles. The molecule has 3 rings (SSSR count). The average molecular weight is 256 g/mol. The van der Waals surface area contributed by atoms with Gasteiger partial charge in [-0.05, 0) is 36.0 Å². The van der Waals surface area contributed by atoms with Gasteiger partial charge in [-0.3, -0.25) is 0 Å². The molecule has 1 aliphatic rings. The molecule has 3 nitrogen and oxygen atoms in total. The Bertz CT molecular complexity index is 575. The van der Waals surface area contributed by atoms with Gasteiger partial charge in [0.15, 0.2) is 5.11 Å². The van der Waals surface area contributed by atoms with E-state index in [0.29, 0.717) is 5.11 Å². The topological polar surface area (TPSA) is 37.2 Å². The Labute approximate surface area is 111 Å². The molecule has 0 bridgehead atoms. The quantitative estimate of drug-likeness (QED) is 0.810. The SMILES string of the molecule is S=C1NC(c2ccccc2)=CC(c2ccco2)N1.